The second-order valence-electron chi connectivity index (χ2n) is 5.59. The summed E-state index contributed by atoms with van der Waals surface area (Å²) in [5.41, 5.74) is 1.20. The van der Waals surface area contributed by atoms with Crippen molar-refractivity contribution in [3.05, 3.63) is 52.5 Å². The van der Waals surface area contributed by atoms with Crippen molar-refractivity contribution in [1.29, 1.82) is 0 Å². The van der Waals surface area contributed by atoms with E-state index in [9.17, 15) is 9.59 Å². The lowest BCUT2D eigenvalue weighted by molar-refractivity contribution is -0.119. The number of nitrogens with zero attached hydrogens (tertiary/aromatic N) is 1. The Morgan fingerprint density at radius 3 is 2.27 bits per heavy atom. The summed E-state index contributed by atoms with van der Waals surface area (Å²) < 4.78 is 0. The van der Waals surface area contributed by atoms with Gasteiger partial charge in [0.15, 0.2) is 0 Å². The number of carbonyl (C=O) groups is 2. The Labute approximate surface area is 167 Å². The third kappa shape index (κ3) is 6.21. The van der Waals surface area contributed by atoms with Crippen LogP contribution < -0.4 is 10.6 Å². The van der Waals surface area contributed by atoms with Gasteiger partial charge in [0.05, 0.1) is 29.5 Å². The first-order chi connectivity index (χ1) is 12.4. The molecule has 0 unspecified atom stereocenters. The summed E-state index contributed by atoms with van der Waals surface area (Å²) in [5, 5.41) is 6.43. The lowest BCUT2D eigenvalue weighted by atomic mass is 10.3. The van der Waals surface area contributed by atoms with Crippen LogP contribution in [-0.2, 0) is 9.59 Å². The number of thioether (sulfide) groups is 1. The topological polar surface area (TPSA) is 61.4 Å². The first kappa shape index (κ1) is 20.6. The van der Waals surface area contributed by atoms with E-state index >= 15 is 0 Å². The average molecular weight is 412 g/mol. The Balaban J connectivity index is 1.87. The van der Waals surface area contributed by atoms with Crippen LogP contribution in [0.15, 0.2) is 47.4 Å². The van der Waals surface area contributed by atoms with Gasteiger partial charge in [0, 0.05) is 9.92 Å². The summed E-state index contributed by atoms with van der Waals surface area (Å²) in [6, 6.07) is 12.4. The van der Waals surface area contributed by atoms with Crippen LogP contribution in [0, 0.1) is 0 Å². The second-order valence-corrected chi connectivity index (χ2v) is 7.28. The van der Waals surface area contributed by atoms with E-state index in [2.05, 4.69) is 10.6 Å². The van der Waals surface area contributed by atoms with E-state index in [0.717, 1.165) is 10.6 Å². The zero-order valence-corrected chi connectivity index (χ0v) is 16.7. The maximum absolute atomic E-state index is 12.2. The third-order valence-corrected chi connectivity index (χ3v) is 4.77. The zero-order valence-electron chi connectivity index (χ0n) is 14.4. The van der Waals surface area contributed by atoms with Crippen LogP contribution in [0.3, 0.4) is 0 Å². The summed E-state index contributed by atoms with van der Waals surface area (Å²) >= 11 is 13.5. The molecule has 2 N–H and O–H groups in total. The van der Waals surface area contributed by atoms with Gasteiger partial charge in [-0.25, -0.2) is 0 Å². The molecule has 5 nitrogen and oxygen atoms in total. The highest BCUT2D eigenvalue weighted by atomic mass is 35.5. The number of hydrogen-bond donors (Lipinski definition) is 2. The highest BCUT2D eigenvalue weighted by molar-refractivity contribution is 7.98. The number of halogens is 2. The van der Waals surface area contributed by atoms with Crippen LogP contribution >= 0.6 is 35.0 Å². The number of hydrogen-bond acceptors (Lipinski definition) is 4. The molecule has 0 radical (unpaired) electrons. The predicted octanol–water partition coefficient (Wildman–Crippen LogP) is 4.22. The quantitative estimate of drug-likeness (QED) is 0.669. The predicted molar refractivity (Wildman–Crippen MR) is 109 cm³/mol. The maximum Gasteiger partial charge on any atom is 0.238 e. The minimum absolute atomic E-state index is 0.0421. The molecule has 0 heterocycles. The van der Waals surface area contributed by atoms with E-state index in [1.807, 2.05) is 30.5 Å². The molecule has 2 rings (SSSR count). The molecule has 0 saturated carbocycles. The summed E-state index contributed by atoms with van der Waals surface area (Å²) in [6.45, 7) is 0.125. The van der Waals surface area contributed by atoms with Crippen LogP contribution in [0.1, 0.15) is 0 Å². The van der Waals surface area contributed by atoms with Gasteiger partial charge in [-0.15, -0.1) is 11.8 Å². The largest absolute Gasteiger partial charge is 0.324 e. The number of carbonyl (C=O) groups excluding carboxylic acids is 2. The van der Waals surface area contributed by atoms with Gasteiger partial charge >= 0.3 is 0 Å². The Morgan fingerprint density at radius 1 is 1.00 bits per heavy atom. The molecule has 2 aromatic carbocycles. The number of amides is 2. The van der Waals surface area contributed by atoms with Crippen molar-refractivity contribution in [2.24, 2.45) is 0 Å². The van der Waals surface area contributed by atoms with Crippen molar-refractivity contribution in [2.45, 2.75) is 4.90 Å². The molecule has 0 bridgehead atoms. The monoisotopic (exact) mass is 411 g/mol. The highest BCUT2D eigenvalue weighted by Crippen LogP contribution is 2.25. The molecule has 0 atom stereocenters. The molecule has 0 aliphatic carbocycles. The summed E-state index contributed by atoms with van der Waals surface area (Å²) in [7, 11) is 1.69. The van der Waals surface area contributed by atoms with E-state index in [1.54, 1.807) is 41.9 Å². The number of para-hydroxylation sites is 1. The molecule has 8 heteroatoms. The van der Waals surface area contributed by atoms with Gasteiger partial charge in [-0.1, -0.05) is 35.3 Å². The van der Waals surface area contributed by atoms with Crippen LogP contribution in [0.4, 0.5) is 11.4 Å². The first-order valence-electron chi connectivity index (χ1n) is 7.75. The van der Waals surface area contributed by atoms with Crippen molar-refractivity contribution in [3.8, 4) is 0 Å². The molecule has 0 aromatic heterocycles. The van der Waals surface area contributed by atoms with Gasteiger partial charge in [-0.2, -0.15) is 0 Å². The Hall–Kier alpha value is -1.73. The van der Waals surface area contributed by atoms with Crippen molar-refractivity contribution >= 4 is 58.2 Å². The molecule has 2 amide bonds. The van der Waals surface area contributed by atoms with Crippen molar-refractivity contribution in [3.63, 3.8) is 0 Å². The molecule has 0 fully saturated rings. The van der Waals surface area contributed by atoms with Gasteiger partial charge in [0.25, 0.3) is 0 Å². The smallest absolute Gasteiger partial charge is 0.238 e. The van der Waals surface area contributed by atoms with E-state index in [0.29, 0.717) is 15.7 Å². The summed E-state index contributed by atoms with van der Waals surface area (Å²) in [6.07, 6.45) is 1.95. The van der Waals surface area contributed by atoms with Crippen molar-refractivity contribution < 1.29 is 9.59 Å². The Kier molecular flexibility index (Phi) is 7.78. The van der Waals surface area contributed by atoms with E-state index < -0.39 is 0 Å². The van der Waals surface area contributed by atoms with E-state index in [1.165, 1.54) is 0 Å². The fraction of sp³-hybridized carbons (Fsp3) is 0.222. The number of nitrogens with one attached hydrogen (secondary N) is 2. The van der Waals surface area contributed by atoms with Gasteiger partial charge in [0.2, 0.25) is 11.8 Å². The second kappa shape index (κ2) is 9.83. The third-order valence-electron chi connectivity index (χ3n) is 3.41. The first-order valence-corrected chi connectivity index (χ1v) is 9.73. The number of rotatable bonds is 7. The lowest BCUT2D eigenvalue weighted by Crippen LogP contribution is -2.36. The molecule has 0 saturated heterocycles. The highest BCUT2D eigenvalue weighted by Gasteiger charge is 2.13. The van der Waals surface area contributed by atoms with Crippen molar-refractivity contribution in [2.75, 3.05) is 37.0 Å². The summed E-state index contributed by atoms with van der Waals surface area (Å²) in [4.78, 5) is 26.9. The molecular formula is C18H19Cl2N3O2S. The van der Waals surface area contributed by atoms with Crippen LogP contribution in [0.5, 0.6) is 0 Å². The average Bonchev–Trinajstić information content (AvgIpc) is 2.58. The van der Waals surface area contributed by atoms with Gasteiger partial charge < -0.3 is 10.6 Å². The van der Waals surface area contributed by atoms with Crippen LogP contribution in [0.2, 0.25) is 10.0 Å². The normalized spacial score (nSPS) is 10.7. The molecular weight excluding hydrogens is 393 g/mol. The number of benzene rings is 2. The fourth-order valence-corrected chi connectivity index (χ4v) is 3.16. The van der Waals surface area contributed by atoms with Gasteiger partial charge in [-0.3, -0.25) is 14.5 Å². The Bertz CT molecular complexity index is 802. The zero-order chi connectivity index (χ0) is 19.1. The lowest BCUT2D eigenvalue weighted by Gasteiger charge is -2.17. The number of likely N-dealkylation sites (N-methyl/N-ethyl adjacent to an activating group) is 1. The minimum Gasteiger partial charge on any atom is -0.324 e. The standard InChI is InChI=1S/C18H19Cl2N3O2S/c1-23(10-17(24)21-14-5-3-4-6-16(14)26-2)11-18(25)22-15-9-12(19)7-8-13(15)20/h3-9H,10-11H2,1-2H3,(H,21,24)(H,22,25). The van der Waals surface area contributed by atoms with E-state index in [4.69, 9.17) is 23.2 Å². The van der Waals surface area contributed by atoms with Crippen LogP contribution in [-0.4, -0.2) is 43.1 Å². The van der Waals surface area contributed by atoms with Crippen molar-refractivity contribution in [1.82, 2.24) is 4.90 Å². The molecule has 0 aliphatic rings. The molecule has 0 aliphatic heterocycles. The molecule has 0 spiro atoms. The maximum atomic E-state index is 12.2. The fourth-order valence-electron chi connectivity index (χ4n) is 2.27. The van der Waals surface area contributed by atoms with Crippen LogP contribution in [0.25, 0.3) is 0 Å². The molecule has 138 valence electrons. The minimum atomic E-state index is -0.283. The summed E-state index contributed by atoms with van der Waals surface area (Å²) in [5.74, 6) is -0.475. The Morgan fingerprint density at radius 2 is 1.62 bits per heavy atom. The molecule has 2 aromatic rings. The van der Waals surface area contributed by atoms with E-state index in [-0.39, 0.29) is 24.9 Å². The molecule has 26 heavy (non-hydrogen) atoms. The number of anilines is 2. The SMILES string of the molecule is CSc1ccccc1NC(=O)CN(C)CC(=O)Nc1cc(Cl)ccc1Cl. The van der Waals surface area contributed by atoms with Gasteiger partial charge in [-0.05, 0) is 43.6 Å². The van der Waals surface area contributed by atoms with Gasteiger partial charge in [0.1, 0.15) is 0 Å².